The number of carbonyl (C=O) groups excluding carboxylic acids is 1. The van der Waals surface area contributed by atoms with Crippen molar-refractivity contribution in [1.29, 1.82) is 0 Å². The van der Waals surface area contributed by atoms with Crippen LogP contribution in [0.5, 0.6) is 5.75 Å². The first-order chi connectivity index (χ1) is 13.1. The van der Waals surface area contributed by atoms with Crippen LogP contribution in [0.1, 0.15) is 39.0 Å². The number of ether oxygens (including phenoxy) is 2. The highest BCUT2D eigenvalue weighted by molar-refractivity contribution is 5.99. The summed E-state index contributed by atoms with van der Waals surface area (Å²) in [5.41, 5.74) is 5.29. The Hall–Kier alpha value is -2.37. The van der Waals surface area contributed by atoms with Gasteiger partial charge in [-0.15, -0.1) is 0 Å². The van der Waals surface area contributed by atoms with Gasteiger partial charge in [-0.1, -0.05) is 18.2 Å². The molecule has 0 aliphatic carbocycles. The number of benzene rings is 2. The Morgan fingerprint density at radius 2 is 2.04 bits per heavy atom. The number of nitrogens with zero attached hydrogens (tertiary/aromatic N) is 1. The summed E-state index contributed by atoms with van der Waals surface area (Å²) < 4.78 is 10.7. The molecule has 0 radical (unpaired) electrons. The van der Waals surface area contributed by atoms with Gasteiger partial charge in [0.05, 0.1) is 25.9 Å². The van der Waals surface area contributed by atoms with Crippen LogP contribution in [0.25, 0.3) is 0 Å². The molecular formula is C22H25NO4. The fourth-order valence-corrected chi connectivity index (χ4v) is 3.98. The standard InChI is InChI=1S/C22H25NO4/c1-14-9-17-12-23(20-13-27-8-7-21(20)24)22(25)19(17)11-16(14)10-15-3-5-18(26-2)6-4-15/h3-6,9,11,20-21,24H,7-8,10,12-13H2,1-2H3/t20-,21-/m0/s1. The maximum absolute atomic E-state index is 13.0. The molecule has 1 amide bonds. The van der Waals surface area contributed by atoms with Gasteiger partial charge in [0.2, 0.25) is 0 Å². The summed E-state index contributed by atoms with van der Waals surface area (Å²) in [7, 11) is 1.66. The third-order valence-electron chi connectivity index (χ3n) is 5.64. The fourth-order valence-electron chi connectivity index (χ4n) is 3.98. The van der Waals surface area contributed by atoms with E-state index in [0.717, 1.165) is 28.9 Å². The van der Waals surface area contributed by atoms with Gasteiger partial charge in [0.15, 0.2) is 0 Å². The molecule has 0 unspecified atom stereocenters. The van der Waals surface area contributed by atoms with Gasteiger partial charge < -0.3 is 19.5 Å². The lowest BCUT2D eigenvalue weighted by atomic mass is 9.96. The van der Waals surface area contributed by atoms with Gasteiger partial charge in [-0.25, -0.2) is 0 Å². The molecule has 2 aliphatic rings. The van der Waals surface area contributed by atoms with Crippen LogP contribution in [-0.2, 0) is 17.7 Å². The van der Waals surface area contributed by atoms with Gasteiger partial charge >= 0.3 is 0 Å². The van der Waals surface area contributed by atoms with Crippen molar-refractivity contribution in [3.8, 4) is 5.75 Å². The molecule has 0 saturated carbocycles. The topological polar surface area (TPSA) is 59.0 Å². The predicted molar refractivity (Wildman–Crippen MR) is 102 cm³/mol. The highest BCUT2D eigenvalue weighted by Gasteiger charge is 2.38. The van der Waals surface area contributed by atoms with Gasteiger partial charge in [-0.05, 0) is 60.2 Å². The van der Waals surface area contributed by atoms with E-state index in [1.807, 2.05) is 18.2 Å². The molecule has 2 aromatic carbocycles. The predicted octanol–water partition coefficient (Wildman–Crippen LogP) is 2.70. The summed E-state index contributed by atoms with van der Waals surface area (Å²) >= 11 is 0. The molecule has 0 aromatic heterocycles. The largest absolute Gasteiger partial charge is 0.497 e. The van der Waals surface area contributed by atoms with Crippen molar-refractivity contribution in [3.63, 3.8) is 0 Å². The number of carbonyl (C=O) groups is 1. The van der Waals surface area contributed by atoms with E-state index in [2.05, 4.69) is 25.1 Å². The first-order valence-corrected chi connectivity index (χ1v) is 9.39. The van der Waals surface area contributed by atoms with E-state index in [0.29, 0.717) is 26.2 Å². The number of methoxy groups -OCH3 is 1. The van der Waals surface area contributed by atoms with E-state index in [1.54, 1.807) is 12.0 Å². The van der Waals surface area contributed by atoms with E-state index in [1.165, 1.54) is 11.1 Å². The minimum Gasteiger partial charge on any atom is -0.497 e. The molecule has 2 aliphatic heterocycles. The van der Waals surface area contributed by atoms with Crippen molar-refractivity contribution in [2.75, 3.05) is 20.3 Å². The van der Waals surface area contributed by atoms with Crippen LogP contribution in [0.3, 0.4) is 0 Å². The van der Waals surface area contributed by atoms with Gasteiger partial charge in [0, 0.05) is 18.7 Å². The Morgan fingerprint density at radius 3 is 2.74 bits per heavy atom. The molecule has 4 rings (SSSR count). The van der Waals surface area contributed by atoms with Crippen molar-refractivity contribution < 1.29 is 19.4 Å². The van der Waals surface area contributed by atoms with Crippen LogP contribution in [0.2, 0.25) is 0 Å². The molecule has 1 N–H and O–H groups in total. The highest BCUT2D eigenvalue weighted by Crippen LogP contribution is 2.31. The van der Waals surface area contributed by atoms with E-state index in [9.17, 15) is 9.90 Å². The Balaban J connectivity index is 1.57. The highest BCUT2D eigenvalue weighted by atomic mass is 16.5. The zero-order chi connectivity index (χ0) is 19.0. The van der Waals surface area contributed by atoms with Crippen LogP contribution in [-0.4, -0.2) is 48.4 Å². The number of fused-ring (bicyclic) bond motifs is 1. The van der Waals surface area contributed by atoms with Crippen LogP contribution in [0, 0.1) is 6.92 Å². The Labute approximate surface area is 159 Å². The lowest BCUT2D eigenvalue weighted by molar-refractivity contribution is -0.0528. The summed E-state index contributed by atoms with van der Waals surface area (Å²) in [6, 6.07) is 11.9. The van der Waals surface area contributed by atoms with Crippen LogP contribution in [0.15, 0.2) is 36.4 Å². The first kappa shape index (κ1) is 18.0. The van der Waals surface area contributed by atoms with Crippen LogP contribution in [0.4, 0.5) is 0 Å². The first-order valence-electron chi connectivity index (χ1n) is 9.39. The number of amides is 1. The molecule has 0 bridgehead atoms. The molecule has 0 spiro atoms. The molecule has 5 heteroatoms. The summed E-state index contributed by atoms with van der Waals surface area (Å²) in [5, 5.41) is 10.3. The third kappa shape index (κ3) is 3.45. The summed E-state index contributed by atoms with van der Waals surface area (Å²) in [6.07, 6.45) is 0.829. The van der Waals surface area contributed by atoms with Crippen molar-refractivity contribution in [2.24, 2.45) is 0 Å². The lowest BCUT2D eigenvalue weighted by Crippen LogP contribution is -2.49. The number of aliphatic hydroxyl groups is 1. The molecular weight excluding hydrogens is 342 g/mol. The quantitative estimate of drug-likeness (QED) is 0.903. The molecule has 1 saturated heterocycles. The summed E-state index contributed by atoms with van der Waals surface area (Å²) in [5.74, 6) is 0.832. The van der Waals surface area contributed by atoms with Gasteiger partial charge in [-0.3, -0.25) is 4.79 Å². The monoisotopic (exact) mass is 367 g/mol. The molecule has 2 aromatic rings. The van der Waals surface area contributed by atoms with Crippen LogP contribution < -0.4 is 4.74 Å². The van der Waals surface area contributed by atoms with Crippen molar-refractivity contribution in [2.45, 2.75) is 38.5 Å². The van der Waals surface area contributed by atoms with E-state index in [-0.39, 0.29) is 11.9 Å². The zero-order valence-electron chi connectivity index (χ0n) is 15.8. The Morgan fingerprint density at radius 1 is 1.26 bits per heavy atom. The van der Waals surface area contributed by atoms with Gasteiger partial charge in [-0.2, -0.15) is 0 Å². The molecule has 27 heavy (non-hydrogen) atoms. The van der Waals surface area contributed by atoms with Crippen LogP contribution >= 0.6 is 0 Å². The van der Waals surface area contributed by atoms with E-state index < -0.39 is 6.10 Å². The molecule has 5 nitrogen and oxygen atoms in total. The minimum absolute atomic E-state index is 0.00414. The fraction of sp³-hybridized carbons (Fsp3) is 0.409. The number of hydrogen-bond acceptors (Lipinski definition) is 4. The SMILES string of the molecule is COc1ccc(Cc2cc3c(cc2C)CN([C@H]2COCC[C@@H]2O)C3=O)cc1. The smallest absolute Gasteiger partial charge is 0.254 e. The number of hydrogen-bond donors (Lipinski definition) is 1. The zero-order valence-corrected chi connectivity index (χ0v) is 15.8. The minimum atomic E-state index is -0.517. The maximum Gasteiger partial charge on any atom is 0.254 e. The second-order valence-corrected chi connectivity index (χ2v) is 7.39. The second kappa shape index (κ2) is 7.33. The maximum atomic E-state index is 13.0. The molecule has 1 fully saturated rings. The molecule has 2 atom stereocenters. The second-order valence-electron chi connectivity index (χ2n) is 7.39. The lowest BCUT2D eigenvalue weighted by Gasteiger charge is -2.34. The Bertz CT molecular complexity index is 846. The summed E-state index contributed by atoms with van der Waals surface area (Å²) in [4.78, 5) is 14.8. The molecule has 2 heterocycles. The summed E-state index contributed by atoms with van der Waals surface area (Å²) in [6.45, 7) is 3.59. The Kier molecular flexibility index (Phi) is 4.89. The average molecular weight is 367 g/mol. The van der Waals surface area contributed by atoms with Crippen molar-refractivity contribution in [3.05, 3.63) is 64.2 Å². The number of aliphatic hydroxyl groups excluding tert-OH is 1. The van der Waals surface area contributed by atoms with E-state index in [4.69, 9.17) is 9.47 Å². The number of aryl methyl sites for hydroxylation is 1. The van der Waals surface area contributed by atoms with Gasteiger partial charge in [0.1, 0.15) is 5.75 Å². The number of rotatable bonds is 4. The normalized spacial score (nSPS) is 22.0. The van der Waals surface area contributed by atoms with E-state index >= 15 is 0 Å². The van der Waals surface area contributed by atoms with Crippen molar-refractivity contribution in [1.82, 2.24) is 4.90 Å². The average Bonchev–Trinajstić information content (AvgIpc) is 2.98. The molecule has 142 valence electrons. The third-order valence-corrected chi connectivity index (χ3v) is 5.64. The van der Waals surface area contributed by atoms with Crippen molar-refractivity contribution >= 4 is 5.91 Å². The van der Waals surface area contributed by atoms with Gasteiger partial charge in [0.25, 0.3) is 5.91 Å².